The molecule has 0 atom stereocenters. The van der Waals surface area contributed by atoms with Gasteiger partial charge in [0.25, 0.3) is 0 Å². The van der Waals surface area contributed by atoms with Crippen molar-refractivity contribution in [2.24, 2.45) is 5.73 Å². The van der Waals surface area contributed by atoms with Crippen LogP contribution >= 0.6 is 0 Å². The molecule has 0 fully saturated rings. The van der Waals surface area contributed by atoms with Crippen molar-refractivity contribution in [2.75, 3.05) is 13.2 Å². The topological polar surface area (TPSA) is 108 Å². The number of benzene rings is 1. The highest BCUT2D eigenvalue weighted by atomic mass is 16.6. The van der Waals surface area contributed by atoms with E-state index < -0.39 is 23.4 Å². The number of esters is 2. The summed E-state index contributed by atoms with van der Waals surface area (Å²) in [5.41, 5.74) is 5.20. The number of carbonyl (C=O) groups excluding carboxylic acids is 3. The van der Waals surface area contributed by atoms with Crippen LogP contribution in [-0.4, -0.2) is 36.6 Å². The van der Waals surface area contributed by atoms with E-state index in [-0.39, 0.29) is 27.1 Å². The third-order valence-electron chi connectivity index (χ3n) is 3.33. The van der Waals surface area contributed by atoms with Crippen molar-refractivity contribution in [1.82, 2.24) is 5.32 Å². The molecule has 0 aromatic heterocycles. The highest BCUT2D eigenvalue weighted by Gasteiger charge is 2.50. The molecule has 0 radical (unpaired) electrons. The molecule has 0 saturated heterocycles. The van der Waals surface area contributed by atoms with Crippen LogP contribution in [-0.2, 0) is 36.8 Å². The molecule has 1 rings (SSSR count). The fraction of sp³-hybridized carbons (Fsp3) is 0.500. The number of hydrogen-bond donors (Lipinski definition) is 2. The van der Waals surface area contributed by atoms with Crippen LogP contribution in [0.5, 0.6) is 0 Å². The maximum atomic E-state index is 12.5. The van der Waals surface area contributed by atoms with E-state index in [0.29, 0.717) is 12.1 Å². The first kappa shape index (κ1) is 22.6. The molecule has 0 unspecified atom stereocenters. The third-order valence-corrected chi connectivity index (χ3v) is 3.33. The first-order valence-electron chi connectivity index (χ1n) is 7.80. The largest absolute Gasteiger partial charge is 0.464 e. The van der Waals surface area contributed by atoms with Crippen molar-refractivity contribution >= 4 is 17.8 Å². The van der Waals surface area contributed by atoms with Gasteiger partial charge in [-0.15, -0.1) is 0 Å². The summed E-state index contributed by atoms with van der Waals surface area (Å²) in [7, 11) is 0. The van der Waals surface area contributed by atoms with Gasteiger partial charge >= 0.3 is 11.9 Å². The van der Waals surface area contributed by atoms with Gasteiger partial charge in [0.2, 0.25) is 11.4 Å². The fourth-order valence-corrected chi connectivity index (χ4v) is 2.36. The van der Waals surface area contributed by atoms with Crippen molar-refractivity contribution < 1.29 is 23.9 Å². The van der Waals surface area contributed by atoms with E-state index in [2.05, 4.69) is 5.32 Å². The van der Waals surface area contributed by atoms with Crippen molar-refractivity contribution in [3.8, 4) is 0 Å². The molecule has 0 saturated carbocycles. The molecule has 7 heteroatoms. The molecule has 0 aliphatic carbocycles. The normalized spacial score (nSPS) is 10.4. The summed E-state index contributed by atoms with van der Waals surface area (Å²) in [6.07, 6.45) is -0.0852. The van der Waals surface area contributed by atoms with Crippen LogP contribution in [0.15, 0.2) is 24.3 Å². The van der Waals surface area contributed by atoms with Gasteiger partial charge in [0.15, 0.2) is 0 Å². The summed E-state index contributed by atoms with van der Waals surface area (Å²) in [5, 5.41) is 2.43. The summed E-state index contributed by atoms with van der Waals surface area (Å²) >= 11 is 0. The first-order valence-corrected chi connectivity index (χ1v) is 7.80. The number of hydrogen-bond acceptors (Lipinski definition) is 6. The SMILES string of the molecule is C.CCOC(=O)C(Cc1cccc(CN)c1)(NC(C)=O)C(=O)OCC. The number of ether oxygens (including phenoxy) is 2. The molecule has 0 aliphatic heterocycles. The summed E-state index contributed by atoms with van der Waals surface area (Å²) < 4.78 is 10.1. The minimum absolute atomic E-state index is 0. The van der Waals surface area contributed by atoms with Gasteiger partial charge in [-0.1, -0.05) is 31.7 Å². The van der Waals surface area contributed by atoms with E-state index in [1.54, 1.807) is 32.0 Å². The summed E-state index contributed by atoms with van der Waals surface area (Å²) in [6, 6.07) is 7.12. The molecule has 1 aromatic rings. The van der Waals surface area contributed by atoms with Crippen LogP contribution in [0.1, 0.15) is 39.3 Å². The van der Waals surface area contributed by atoms with E-state index in [1.165, 1.54) is 6.92 Å². The Bertz CT molecular complexity index is 583. The van der Waals surface area contributed by atoms with Crippen molar-refractivity contribution in [2.45, 2.75) is 46.7 Å². The number of carbonyl (C=O) groups is 3. The predicted molar refractivity (Wildman–Crippen MR) is 94.6 cm³/mol. The summed E-state index contributed by atoms with van der Waals surface area (Å²) in [5.74, 6) is -2.24. The molecule has 140 valence electrons. The van der Waals surface area contributed by atoms with Gasteiger partial charge < -0.3 is 20.5 Å². The standard InChI is InChI=1S/C17H24N2O5.CH4/c1-4-23-15(21)17(19-12(3)20,16(22)24-5-2)10-13-7-6-8-14(9-13)11-18;/h6-9H,4-5,10-11,18H2,1-3H3,(H,19,20);1H4. The van der Waals surface area contributed by atoms with Crippen LogP contribution in [0.2, 0.25) is 0 Å². The van der Waals surface area contributed by atoms with Crippen molar-refractivity contribution in [3.05, 3.63) is 35.4 Å². The molecule has 0 heterocycles. The fourth-order valence-electron chi connectivity index (χ4n) is 2.36. The second-order valence-electron chi connectivity index (χ2n) is 5.23. The smallest absolute Gasteiger partial charge is 0.344 e. The van der Waals surface area contributed by atoms with Crippen LogP contribution in [0, 0.1) is 0 Å². The summed E-state index contributed by atoms with van der Waals surface area (Å²) in [4.78, 5) is 36.7. The van der Waals surface area contributed by atoms with Gasteiger partial charge in [-0.25, -0.2) is 9.59 Å². The van der Waals surface area contributed by atoms with Crippen LogP contribution < -0.4 is 11.1 Å². The zero-order chi connectivity index (χ0) is 18.2. The van der Waals surface area contributed by atoms with Gasteiger partial charge in [0.1, 0.15) is 0 Å². The van der Waals surface area contributed by atoms with Gasteiger partial charge in [-0.3, -0.25) is 4.79 Å². The number of nitrogens with two attached hydrogens (primary N) is 1. The van der Waals surface area contributed by atoms with Gasteiger partial charge in [-0.2, -0.15) is 0 Å². The van der Waals surface area contributed by atoms with E-state index in [9.17, 15) is 14.4 Å². The molecule has 7 nitrogen and oxygen atoms in total. The highest BCUT2D eigenvalue weighted by molar-refractivity contribution is 6.08. The predicted octanol–water partition coefficient (Wildman–Crippen LogP) is 1.33. The lowest BCUT2D eigenvalue weighted by molar-refractivity contribution is -0.168. The Morgan fingerprint density at radius 2 is 1.60 bits per heavy atom. The Balaban J connectivity index is 0.00000576. The molecular formula is C18H28N2O5. The monoisotopic (exact) mass is 352 g/mol. The minimum Gasteiger partial charge on any atom is -0.464 e. The Morgan fingerprint density at radius 3 is 2.04 bits per heavy atom. The molecule has 1 aromatic carbocycles. The second-order valence-corrected chi connectivity index (χ2v) is 5.23. The van der Waals surface area contributed by atoms with Crippen molar-refractivity contribution in [1.29, 1.82) is 0 Å². The van der Waals surface area contributed by atoms with E-state index >= 15 is 0 Å². The quantitative estimate of drug-likeness (QED) is 0.540. The first-order chi connectivity index (χ1) is 11.4. The molecule has 0 aliphatic rings. The maximum absolute atomic E-state index is 12.5. The lowest BCUT2D eigenvalue weighted by Gasteiger charge is -2.29. The Labute approximate surface area is 148 Å². The van der Waals surface area contributed by atoms with Gasteiger partial charge in [-0.05, 0) is 25.0 Å². The van der Waals surface area contributed by atoms with Crippen molar-refractivity contribution in [3.63, 3.8) is 0 Å². The number of amides is 1. The Kier molecular flexibility index (Phi) is 9.45. The molecule has 0 bridgehead atoms. The van der Waals surface area contributed by atoms with Gasteiger partial charge in [0, 0.05) is 19.9 Å². The Hall–Kier alpha value is -2.41. The van der Waals surface area contributed by atoms with E-state index in [1.807, 2.05) is 6.07 Å². The zero-order valence-corrected chi connectivity index (χ0v) is 14.3. The highest BCUT2D eigenvalue weighted by Crippen LogP contribution is 2.20. The van der Waals surface area contributed by atoms with Crippen LogP contribution in [0.3, 0.4) is 0 Å². The minimum atomic E-state index is -1.93. The second kappa shape index (κ2) is 10.5. The van der Waals surface area contributed by atoms with Crippen LogP contribution in [0.4, 0.5) is 0 Å². The van der Waals surface area contributed by atoms with Gasteiger partial charge in [0.05, 0.1) is 13.2 Å². The number of nitrogens with one attached hydrogen (secondary N) is 1. The van der Waals surface area contributed by atoms with E-state index in [4.69, 9.17) is 15.2 Å². The molecule has 3 N–H and O–H groups in total. The lowest BCUT2D eigenvalue weighted by Crippen LogP contribution is -2.62. The zero-order valence-electron chi connectivity index (χ0n) is 14.3. The molecule has 1 amide bonds. The molecular weight excluding hydrogens is 324 g/mol. The maximum Gasteiger partial charge on any atom is 0.344 e. The summed E-state index contributed by atoms with van der Waals surface area (Å²) in [6.45, 7) is 4.93. The third kappa shape index (κ3) is 5.86. The number of rotatable bonds is 8. The Morgan fingerprint density at radius 1 is 1.08 bits per heavy atom. The average Bonchev–Trinajstić information content (AvgIpc) is 2.54. The average molecular weight is 352 g/mol. The lowest BCUT2D eigenvalue weighted by atomic mass is 9.89. The van der Waals surface area contributed by atoms with Crippen LogP contribution in [0.25, 0.3) is 0 Å². The molecule has 0 spiro atoms. The molecule has 25 heavy (non-hydrogen) atoms. The van der Waals surface area contributed by atoms with E-state index in [0.717, 1.165) is 5.56 Å².